The molecule has 0 atom stereocenters. The van der Waals surface area contributed by atoms with Gasteiger partial charge in [0.1, 0.15) is 13.2 Å². The van der Waals surface area contributed by atoms with Gasteiger partial charge in [-0.1, -0.05) is 0 Å². The highest BCUT2D eigenvalue weighted by Gasteiger charge is 1.90. The van der Waals surface area contributed by atoms with Gasteiger partial charge in [-0.05, 0) is 0 Å². The summed E-state index contributed by atoms with van der Waals surface area (Å²) in [7, 11) is 0. The lowest BCUT2D eigenvalue weighted by Gasteiger charge is -1.95. The molecule has 0 aliphatic rings. The van der Waals surface area contributed by atoms with Gasteiger partial charge < -0.3 is 5.73 Å². The van der Waals surface area contributed by atoms with Crippen LogP contribution in [0.5, 0.6) is 0 Å². The summed E-state index contributed by atoms with van der Waals surface area (Å²) in [6.45, 7) is -0.158. The van der Waals surface area contributed by atoms with E-state index in [0.717, 1.165) is 0 Å². The predicted octanol–water partition coefficient (Wildman–Crippen LogP) is -1.48. The first kappa shape index (κ1) is 7.88. The number of hydroxylamine groups is 1. The Kier molecular flexibility index (Phi) is 4.40. The lowest BCUT2D eigenvalue weighted by molar-refractivity contribution is -0.124. The van der Waals surface area contributed by atoms with Crippen molar-refractivity contribution in [3.63, 3.8) is 0 Å². The maximum atomic E-state index is 9.94. The topological polar surface area (TPSA) is 88.1 Å². The molecular weight excluding hydrogens is 122 g/mol. The minimum atomic E-state index is -0.569. The van der Waals surface area contributed by atoms with Crippen LogP contribution in [0.2, 0.25) is 0 Å². The highest BCUT2D eigenvalue weighted by molar-refractivity contribution is 5.74. The zero-order chi connectivity index (χ0) is 7.11. The molecule has 0 heterocycles. The van der Waals surface area contributed by atoms with Gasteiger partial charge in [0.05, 0.1) is 6.07 Å². The largest absolute Gasteiger partial charge is 0.368 e. The number of nitrogens with zero attached hydrogens (tertiary/aromatic N) is 1. The summed E-state index contributed by atoms with van der Waals surface area (Å²) < 4.78 is 0. The number of nitrogens with two attached hydrogens (primary N) is 1. The summed E-state index contributed by atoms with van der Waals surface area (Å²) in [5, 5.41) is 7.92. The maximum absolute atomic E-state index is 9.94. The van der Waals surface area contributed by atoms with Gasteiger partial charge in [0, 0.05) is 0 Å². The Labute approximate surface area is 52.3 Å². The van der Waals surface area contributed by atoms with Crippen LogP contribution in [0.25, 0.3) is 0 Å². The molecule has 50 valence electrons. The molecule has 9 heavy (non-hydrogen) atoms. The Balaban J connectivity index is 2.94. The molecule has 0 aliphatic heterocycles. The minimum absolute atomic E-state index is 0.0489. The number of carbonyl (C=O) groups is 1. The number of amides is 1. The quantitative estimate of drug-likeness (QED) is 0.275. The fraction of sp³-hybridized carbons (Fsp3) is 0.500. The fourth-order valence-corrected chi connectivity index (χ4v) is 0.205. The zero-order valence-electron chi connectivity index (χ0n) is 4.76. The van der Waals surface area contributed by atoms with Crippen LogP contribution in [0.1, 0.15) is 0 Å². The van der Waals surface area contributed by atoms with Gasteiger partial charge in [-0.15, -0.1) is 0 Å². The Morgan fingerprint density at radius 1 is 1.89 bits per heavy atom. The smallest absolute Gasteiger partial charge is 0.245 e. The minimum Gasteiger partial charge on any atom is -0.368 e. The van der Waals surface area contributed by atoms with E-state index in [4.69, 9.17) is 5.26 Å². The lowest BCUT2D eigenvalue weighted by Crippen LogP contribution is -2.24. The molecule has 0 unspecified atom stereocenters. The van der Waals surface area contributed by atoms with Gasteiger partial charge in [-0.2, -0.15) is 10.7 Å². The van der Waals surface area contributed by atoms with Crippen molar-refractivity contribution >= 4 is 5.91 Å². The molecule has 0 aliphatic carbocycles. The molecule has 1 amide bonds. The van der Waals surface area contributed by atoms with E-state index >= 15 is 0 Å². The SMILES string of the molecule is N#CCNOCC(N)=O. The van der Waals surface area contributed by atoms with E-state index in [0.29, 0.717) is 0 Å². The van der Waals surface area contributed by atoms with E-state index in [1.165, 1.54) is 0 Å². The van der Waals surface area contributed by atoms with Crippen LogP contribution in [0.15, 0.2) is 0 Å². The molecule has 5 heteroatoms. The molecular formula is C4H7N3O2. The summed E-state index contributed by atoms with van der Waals surface area (Å²) in [6, 6.07) is 1.75. The summed E-state index contributed by atoms with van der Waals surface area (Å²) in [5.74, 6) is -0.569. The van der Waals surface area contributed by atoms with Crippen LogP contribution in [-0.2, 0) is 9.63 Å². The van der Waals surface area contributed by atoms with Gasteiger partial charge in [-0.25, -0.2) is 0 Å². The number of nitrogens with one attached hydrogen (secondary N) is 1. The van der Waals surface area contributed by atoms with Crippen molar-refractivity contribution in [3.8, 4) is 6.07 Å². The Bertz CT molecular complexity index is 128. The number of hydrogen-bond donors (Lipinski definition) is 2. The normalized spacial score (nSPS) is 8.33. The fourth-order valence-electron chi connectivity index (χ4n) is 0.205. The average molecular weight is 129 g/mol. The molecule has 0 radical (unpaired) electrons. The highest BCUT2D eigenvalue weighted by Crippen LogP contribution is 1.62. The summed E-state index contributed by atoms with van der Waals surface area (Å²) in [5.41, 5.74) is 6.89. The summed E-state index contributed by atoms with van der Waals surface area (Å²) in [4.78, 5) is 14.3. The van der Waals surface area contributed by atoms with Crippen molar-refractivity contribution in [3.05, 3.63) is 0 Å². The van der Waals surface area contributed by atoms with E-state index < -0.39 is 5.91 Å². The van der Waals surface area contributed by atoms with Crippen molar-refractivity contribution in [1.82, 2.24) is 5.48 Å². The van der Waals surface area contributed by atoms with E-state index in [1.807, 2.05) is 0 Å². The monoisotopic (exact) mass is 129 g/mol. The second-order valence-electron chi connectivity index (χ2n) is 1.23. The summed E-state index contributed by atoms with van der Waals surface area (Å²) in [6.07, 6.45) is 0. The van der Waals surface area contributed by atoms with E-state index in [9.17, 15) is 4.79 Å². The van der Waals surface area contributed by atoms with Crippen molar-refractivity contribution in [2.45, 2.75) is 0 Å². The second-order valence-corrected chi connectivity index (χ2v) is 1.23. The molecule has 3 N–H and O–H groups in total. The van der Waals surface area contributed by atoms with Crippen molar-refractivity contribution in [2.24, 2.45) is 5.73 Å². The number of nitriles is 1. The third-order valence-electron chi connectivity index (χ3n) is 0.468. The lowest BCUT2D eigenvalue weighted by atomic mass is 10.7. The average Bonchev–Trinajstić information content (AvgIpc) is 1.80. The van der Waals surface area contributed by atoms with Crippen LogP contribution < -0.4 is 11.2 Å². The summed E-state index contributed by atoms with van der Waals surface area (Å²) >= 11 is 0. The Morgan fingerprint density at radius 2 is 2.56 bits per heavy atom. The maximum Gasteiger partial charge on any atom is 0.245 e. The van der Waals surface area contributed by atoms with Crippen LogP contribution in [-0.4, -0.2) is 19.1 Å². The highest BCUT2D eigenvalue weighted by atomic mass is 16.6. The first-order valence-electron chi connectivity index (χ1n) is 2.27. The Hall–Kier alpha value is -1.12. The number of hydrogen-bond acceptors (Lipinski definition) is 4. The molecule has 0 aromatic carbocycles. The van der Waals surface area contributed by atoms with Gasteiger partial charge in [0.2, 0.25) is 5.91 Å². The number of primary amides is 1. The van der Waals surface area contributed by atoms with Crippen LogP contribution in [0, 0.1) is 11.3 Å². The third kappa shape index (κ3) is 6.88. The Morgan fingerprint density at radius 3 is 3.00 bits per heavy atom. The molecule has 0 aromatic heterocycles. The van der Waals surface area contributed by atoms with Gasteiger partial charge in [0.25, 0.3) is 0 Å². The standard InChI is InChI=1S/C4H7N3O2/c5-1-2-7-9-3-4(6)8/h7H,2-3H2,(H2,6,8). The molecule has 0 saturated carbocycles. The van der Waals surface area contributed by atoms with Crippen molar-refractivity contribution in [1.29, 1.82) is 5.26 Å². The predicted molar refractivity (Wildman–Crippen MR) is 28.8 cm³/mol. The zero-order valence-corrected chi connectivity index (χ0v) is 4.76. The third-order valence-corrected chi connectivity index (χ3v) is 0.468. The van der Waals surface area contributed by atoms with Crippen LogP contribution in [0.4, 0.5) is 0 Å². The first-order valence-corrected chi connectivity index (χ1v) is 2.27. The number of rotatable bonds is 4. The van der Waals surface area contributed by atoms with Crippen LogP contribution >= 0.6 is 0 Å². The van der Waals surface area contributed by atoms with Gasteiger partial charge in [-0.3, -0.25) is 9.63 Å². The molecule has 0 fully saturated rings. The van der Waals surface area contributed by atoms with Gasteiger partial charge >= 0.3 is 0 Å². The van der Waals surface area contributed by atoms with Crippen molar-refractivity contribution < 1.29 is 9.63 Å². The molecule has 0 aromatic rings. The van der Waals surface area contributed by atoms with E-state index in [1.54, 1.807) is 6.07 Å². The molecule has 0 rings (SSSR count). The van der Waals surface area contributed by atoms with E-state index in [2.05, 4.69) is 16.1 Å². The van der Waals surface area contributed by atoms with Crippen molar-refractivity contribution in [2.75, 3.05) is 13.2 Å². The van der Waals surface area contributed by atoms with E-state index in [-0.39, 0.29) is 13.2 Å². The molecule has 0 bridgehead atoms. The number of carbonyl (C=O) groups excluding carboxylic acids is 1. The van der Waals surface area contributed by atoms with Crippen LogP contribution in [0.3, 0.4) is 0 Å². The molecule has 0 spiro atoms. The molecule has 5 nitrogen and oxygen atoms in total. The first-order chi connectivity index (χ1) is 4.27. The molecule has 0 saturated heterocycles. The van der Waals surface area contributed by atoms with Gasteiger partial charge in [0.15, 0.2) is 0 Å². The second kappa shape index (κ2) is 5.03.